The standard InChI is InChI=1S/C93H59NS/c1-93(2)87-33-15-14-30-78(87)83-54-85-84-50-63(61-21-16-20-60(48-61)62-40-45-76-72-26-8-6-22-68(72)70-24-10-12-28-74(70)81(76)49-62)42-47-89(84)94(90(85)55-88(83)93)66-43-38-58(39-44-66)65-52-80(64-41-46-77-73-27-9-7-23-69(73)71-25-11-13-29-75(71)82(77)51-64)92-86(53-65)79-32-17-31-67(91(79)95-92)59-36-34-57(35-37-59)56-18-4-3-5-19-56/h3-55H,1-2H3. The van der Waals surface area contributed by atoms with Crippen LogP contribution in [0.1, 0.15) is 25.0 Å². The van der Waals surface area contributed by atoms with E-state index in [9.17, 15) is 0 Å². The molecule has 0 radical (unpaired) electrons. The summed E-state index contributed by atoms with van der Waals surface area (Å²) in [6.07, 6.45) is 0. The van der Waals surface area contributed by atoms with E-state index in [4.69, 9.17) is 0 Å². The van der Waals surface area contributed by atoms with E-state index >= 15 is 0 Å². The number of hydrogen-bond acceptors (Lipinski definition) is 1. The zero-order valence-electron chi connectivity index (χ0n) is 52.5. The molecule has 95 heavy (non-hydrogen) atoms. The van der Waals surface area contributed by atoms with Gasteiger partial charge in [-0.25, -0.2) is 0 Å². The van der Waals surface area contributed by atoms with Gasteiger partial charge < -0.3 is 4.57 Å². The molecule has 0 fully saturated rings. The number of aromatic nitrogens is 1. The molecule has 0 unspecified atom stereocenters. The second kappa shape index (κ2) is 20.7. The summed E-state index contributed by atoms with van der Waals surface area (Å²) in [5.41, 5.74) is 23.3. The fourth-order valence-corrected chi connectivity index (χ4v) is 17.8. The molecule has 1 nitrogen and oxygen atoms in total. The van der Waals surface area contributed by atoms with Crippen LogP contribution >= 0.6 is 11.3 Å². The SMILES string of the molecule is CC1(C)c2ccccc2-c2cc3c4cc(-c5cccc(-c6ccc7c8ccccc8c8ccccc8c7c6)c5)ccc4n(-c4ccc(-c5cc(-c6ccc7c8ccccc8c8ccccc8c7c6)c6sc7c(-c8ccc(-c9ccccc9)cc8)cccc7c6c5)cc4)c3cc21. The summed E-state index contributed by atoms with van der Waals surface area (Å²) in [4.78, 5) is 0. The maximum absolute atomic E-state index is 2.52. The van der Waals surface area contributed by atoms with Gasteiger partial charge in [0.05, 0.1) is 11.0 Å². The molecule has 0 atom stereocenters. The first-order chi connectivity index (χ1) is 46.8. The summed E-state index contributed by atoms with van der Waals surface area (Å²) in [5.74, 6) is 0. The van der Waals surface area contributed by atoms with Gasteiger partial charge in [-0.1, -0.05) is 269 Å². The Labute approximate surface area is 554 Å². The third kappa shape index (κ3) is 8.21. The molecular formula is C93H59NS. The quantitative estimate of drug-likeness (QED) is 0.140. The zero-order valence-corrected chi connectivity index (χ0v) is 53.3. The molecule has 0 N–H and O–H groups in total. The van der Waals surface area contributed by atoms with Crippen LogP contribution in [0.5, 0.6) is 0 Å². The number of thiophene rings is 1. The van der Waals surface area contributed by atoms with Crippen molar-refractivity contribution in [1.82, 2.24) is 4.57 Å². The van der Waals surface area contributed by atoms with E-state index in [0.29, 0.717) is 0 Å². The van der Waals surface area contributed by atoms with Crippen molar-refractivity contribution in [3.8, 4) is 83.6 Å². The van der Waals surface area contributed by atoms with Crippen molar-refractivity contribution in [2.45, 2.75) is 19.3 Å². The Kier molecular flexibility index (Phi) is 11.7. The van der Waals surface area contributed by atoms with E-state index in [-0.39, 0.29) is 5.41 Å². The van der Waals surface area contributed by atoms with Crippen LogP contribution in [0.15, 0.2) is 322 Å². The highest BCUT2D eigenvalue weighted by atomic mass is 32.1. The van der Waals surface area contributed by atoms with Gasteiger partial charge in [-0.15, -0.1) is 11.3 Å². The Balaban J connectivity index is 0.743. The first-order valence-corrected chi connectivity index (χ1v) is 33.9. The molecule has 19 aromatic rings. The van der Waals surface area contributed by atoms with Crippen LogP contribution in [-0.4, -0.2) is 4.57 Å². The summed E-state index contributed by atoms with van der Waals surface area (Å²) in [5, 5.41) is 20.4. The second-order valence-electron chi connectivity index (χ2n) is 26.6. The summed E-state index contributed by atoms with van der Waals surface area (Å²) in [6.45, 7) is 4.79. The van der Waals surface area contributed by atoms with Gasteiger partial charge in [0.2, 0.25) is 0 Å². The van der Waals surface area contributed by atoms with Crippen molar-refractivity contribution in [1.29, 1.82) is 0 Å². The molecule has 0 bridgehead atoms. The van der Waals surface area contributed by atoms with Crippen molar-refractivity contribution >= 4 is 118 Å². The maximum atomic E-state index is 2.52. The van der Waals surface area contributed by atoms with Crippen molar-refractivity contribution < 1.29 is 0 Å². The molecule has 0 amide bonds. The molecule has 0 spiro atoms. The highest BCUT2D eigenvalue weighted by molar-refractivity contribution is 7.27. The van der Waals surface area contributed by atoms with Gasteiger partial charge in [-0.05, 0) is 215 Å². The minimum absolute atomic E-state index is 0.166. The lowest BCUT2D eigenvalue weighted by atomic mass is 9.82. The van der Waals surface area contributed by atoms with Crippen molar-refractivity contribution in [2.75, 3.05) is 0 Å². The summed E-state index contributed by atoms with van der Waals surface area (Å²) in [6, 6.07) is 121. The van der Waals surface area contributed by atoms with Gasteiger partial charge in [-0.2, -0.15) is 0 Å². The van der Waals surface area contributed by atoms with E-state index in [2.05, 4.69) is 340 Å². The Bertz CT molecular complexity index is 6390. The average molecular weight is 1220 g/mol. The van der Waals surface area contributed by atoms with Gasteiger partial charge in [0.25, 0.3) is 0 Å². The van der Waals surface area contributed by atoms with Crippen molar-refractivity contribution in [2.24, 2.45) is 0 Å². The van der Waals surface area contributed by atoms with Crippen LogP contribution in [-0.2, 0) is 5.41 Å². The normalized spacial score (nSPS) is 12.8. The third-order valence-electron chi connectivity index (χ3n) is 21.2. The van der Waals surface area contributed by atoms with Crippen LogP contribution in [0.3, 0.4) is 0 Å². The Morgan fingerprint density at radius 3 is 1.26 bits per heavy atom. The van der Waals surface area contributed by atoms with E-state index < -0.39 is 0 Å². The first-order valence-electron chi connectivity index (χ1n) is 33.1. The number of nitrogens with zero attached hydrogens (tertiary/aromatic N) is 1. The van der Waals surface area contributed by atoms with Crippen LogP contribution in [0.2, 0.25) is 0 Å². The predicted molar refractivity (Wildman–Crippen MR) is 409 cm³/mol. The lowest BCUT2D eigenvalue weighted by Crippen LogP contribution is -2.14. The van der Waals surface area contributed by atoms with Crippen molar-refractivity contribution in [3.05, 3.63) is 333 Å². The van der Waals surface area contributed by atoms with Gasteiger partial charge in [0.15, 0.2) is 0 Å². The Morgan fingerprint density at radius 2 is 0.621 bits per heavy atom. The highest BCUT2D eigenvalue weighted by Gasteiger charge is 2.36. The lowest BCUT2D eigenvalue weighted by Gasteiger charge is -2.21. The molecule has 2 heteroatoms. The van der Waals surface area contributed by atoms with Crippen molar-refractivity contribution in [3.63, 3.8) is 0 Å². The summed E-state index contributed by atoms with van der Waals surface area (Å²) in [7, 11) is 0. The van der Waals surface area contributed by atoms with E-state index in [1.807, 2.05) is 11.3 Å². The second-order valence-corrected chi connectivity index (χ2v) is 27.6. The van der Waals surface area contributed by atoms with Gasteiger partial charge >= 0.3 is 0 Å². The number of hydrogen-bond donors (Lipinski definition) is 0. The fourth-order valence-electron chi connectivity index (χ4n) is 16.5. The predicted octanol–water partition coefficient (Wildman–Crippen LogP) is 26.4. The minimum atomic E-state index is -0.166. The van der Waals surface area contributed by atoms with Crippen LogP contribution in [0.4, 0.5) is 0 Å². The molecular weight excluding hydrogens is 1160 g/mol. The summed E-state index contributed by atoms with van der Waals surface area (Å²) < 4.78 is 5.12. The number of benzene rings is 17. The molecule has 1 aliphatic rings. The van der Waals surface area contributed by atoms with Crippen LogP contribution in [0, 0.1) is 0 Å². The molecule has 2 heterocycles. The molecule has 1 aliphatic carbocycles. The van der Waals surface area contributed by atoms with Gasteiger partial charge in [-0.3, -0.25) is 0 Å². The molecule has 0 aliphatic heterocycles. The van der Waals surface area contributed by atoms with E-state index in [1.165, 1.54) is 196 Å². The smallest absolute Gasteiger partial charge is 0.0544 e. The third-order valence-corrected chi connectivity index (χ3v) is 22.4. The lowest BCUT2D eigenvalue weighted by molar-refractivity contribution is 0.661. The first kappa shape index (κ1) is 53.9. The highest BCUT2D eigenvalue weighted by Crippen LogP contribution is 2.53. The number of fused-ring (bicyclic) bond motifs is 21. The van der Waals surface area contributed by atoms with Crippen LogP contribution < -0.4 is 0 Å². The monoisotopic (exact) mass is 1220 g/mol. The molecule has 0 saturated carbocycles. The van der Waals surface area contributed by atoms with Gasteiger partial charge in [0.1, 0.15) is 0 Å². The Morgan fingerprint density at radius 1 is 0.211 bits per heavy atom. The molecule has 20 rings (SSSR count). The largest absolute Gasteiger partial charge is 0.309 e. The molecule has 2 aromatic heterocycles. The maximum Gasteiger partial charge on any atom is 0.0544 e. The fraction of sp³-hybridized carbons (Fsp3) is 0.0323. The number of rotatable bonds is 7. The molecule has 17 aromatic carbocycles. The van der Waals surface area contributed by atoms with Crippen LogP contribution in [0.25, 0.3) is 190 Å². The summed E-state index contributed by atoms with van der Waals surface area (Å²) >= 11 is 1.92. The minimum Gasteiger partial charge on any atom is -0.309 e. The molecule has 442 valence electrons. The topological polar surface area (TPSA) is 4.93 Å². The zero-order chi connectivity index (χ0) is 62.6. The van der Waals surface area contributed by atoms with Gasteiger partial charge in [0, 0.05) is 47.6 Å². The Hall–Kier alpha value is -11.7. The van der Waals surface area contributed by atoms with E-state index in [1.54, 1.807) is 0 Å². The molecule has 0 saturated heterocycles. The van der Waals surface area contributed by atoms with E-state index in [0.717, 1.165) is 5.69 Å². The average Bonchev–Trinajstić information content (AvgIpc) is 1.54.